The number of hydrogen-bond acceptors (Lipinski definition) is 4. The summed E-state index contributed by atoms with van der Waals surface area (Å²) >= 11 is 0. The zero-order chi connectivity index (χ0) is 17.4. The molecule has 0 radical (unpaired) electrons. The van der Waals surface area contributed by atoms with Crippen LogP contribution in [0.3, 0.4) is 0 Å². The number of ether oxygens (including phenoxy) is 3. The quantitative estimate of drug-likeness (QED) is 0.283. The number of nitrogens with one attached hydrogen (secondary N) is 2. The number of methoxy groups -OCH3 is 3. The lowest BCUT2D eigenvalue weighted by molar-refractivity contribution is 0.324. The van der Waals surface area contributed by atoms with Crippen LogP contribution in [0.5, 0.6) is 17.2 Å². The van der Waals surface area contributed by atoms with Gasteiger partial charge >= 0.3 is 0 Å². The fourth-order valence-corrected chi connectivity index (χ4v) is 2.65. The fourth-order valence-electron chi connectivity index (χ4n) is 2.65. The highest BCUT2D eigenvalue weighted by Crippen LogP contribution is 2.38. The van der Waals surface area contributed by atoms with Gasteiger partial charge in [0.15, 0.2) is 17.5 Å². The minimum Gasteiger partial charge on any atom is -0.493 e. The van der Waals surface area contributed by atoms with Crippen LogP contribution in [0.4, 0.5) is 0 Å². The van der Waals surface area contributed by atoms with E-state index in [-0.39, 0.29) is 24.0 Å². The largest absolute Gasteiger partial charge is 0.493 e. The van der Waals surface area contributed by atoms with E-state index in [2.05, 4.69) is 34.7 Å². The van der Waals surface area contributed by atoms with E-state index in [1.807, 2.05) is 12.1 Å². The smallest absolute Gasteiger partial charge is 0.203 e. The van der Waals surface area contributed by atoms with E-state index in [9.17, 15) is 0 Å². The average molecular weight is 461 g/mol. The Hall–Kier alpha value is -1.64. The Kier molecular flexibility index (Phi) is 9.48. The van der Waals surface area contributed by atoms with Crippen molar-refractivity contribution in [2.24, 2.45) is 4.99 Å². The molecule has 2 rings (SSSR count). The molecule has 0 spiro atoms. The third-order valence-electron chi connectivity index (χ3n) is 3.84. The van der Waals surface area contributed by atoms with Gasteiger partial charge < -0.3 is 24.8 Å². The second kappa shape index (κ2) is 11.1. The molecule has 1 aliphatic carbocycles. The van der Waals surface area contributed by atoms with Crippen molar-refractivity contribution in [3.05, 3.63) is 29.8 Å². The summed E-state index contributed by atoms with van der Waals surface area (Å²) in [5.41, 5.74) is 0.992. The van der Waals surface area contributed by atoms with E-state index in [4.69, 9.17) is 14.2 Å². The number of guanidine groups is 1. The zero-order valence-corrected chi connectivity index (χ0v) is 17.6. The Morgan fingerprint density at radius 2 is 1.68 bits per heavy atom. The van der Waals surface area contributed by atoms with Crippen molar-refractivity contribution in [3.8, 4) is 17.2 Å². The maximum atomic E-state index is 5.39. The molecule has 2 N–H and O–H groups in total. The molecule has 0 bridgehead atoms. The van der Waals surface area contributed by atoms with Crippen molar-refractivity contribution in [1.29, 1.82) is 0 Å². The van der Waals surface area contributed by atoms with Gasteiger partial charge in [-0.25, -0.2) is 4.99 Å². The molecule has 0 aliphatic heterocycles. The first-order chi connectivity index (χ1) is 11.7. The second-order valence-corrected chi connectivity index (χ2v) is 5.51. The van der Waals surface area contributed by atoms with Gasteiger partial charge in [-0.1, -0.05) is 12.2 Å². The molecule has 0 atom stereocenters. The molecule has 25 heavy (non-hydrogen) atoms. The number of nitrogens with zero attached hydrogens (tertiary/aromatic N) is 1. The van der Waals surface area contributed by atoms with Crippen molar-refractivity contribution < 1.29 is 14.2 Å². The van der Waals surface area contributed by atoms with Gasteiger partial charge in [0.05, 0.1) is 27.9 Å². The average Bonchev–Trinajstić information content (AvgIpc) is 3.11. The molecule has 6 nitrogen and oxygen atoms in total. The number of rotatable bonds is 7. The molecule has 0 unspecified atom stereocenters. The van der Waals surface area contributed by atoms with E-state index >= 15 is 0 Å². The number of halogens is 1. The highest BCUT2D eigenvalue weighted by Gasteiger charge is 2.14. The lowest BCUT2D eigenvalue weighted by Crippen LogP contribution is -2.42. The van der Waals surface area contributed by atoms with Crippen molar-refractivity contribution >= 4 is 29.9 Å². The summed E-state index contributed by atoms with van der Waals surface area (Å²) in [6.45, 7) is 3.40. The Morgan fingerprint density at radius 1 is 1.08 bits per heavy atom. The first-order valence-corrected chi connectivity index (χ1v) is 8.20. The standard InChI is InChI=1S/C18H27N3O3.HI/c1-5-19-18(21-14-8-6-7-9-14)20-12-13-10-15(22-2)17(24-4)16(11-13)23-3;/h6-7,10-11,14H,5,8-9,12H2,1-4H3,(H2,19,20,21);1H. The van der Waals surface area contributed by atoms with Crippen molar-refractivity contribution in [2.45, 2.75) is 32.4 Å². The van der Waals surface area contributed by atoms with E-state index < -0.39 is 0 Å². The molecule has 0 amide bonds. The van der Waals surface area contributed by atoms with Crippen LogP contribution in [-0.2, 0) is 6.54 Å². The summed E-state index contributed by atoms with van der Waals surface area (Å²) in [4.78, 5) is 4.67. The van der Waals surface area contributed by atoms with Crippen LogP contribution in [0.1, 0.15) is 25.3 Å². The molecule has 0 saturated carbocycles. The van der Waals surface area contributed by atoms with Crippen LogP contribution in [0, 0.1) is 0 Å². The summed E-state index contributed by atoms with van der Waals surface area (Å²) < 4.78 is 16.1. The summed E-state index contributed by atoms with van der Waals surface area (Å²) in [6.07, 6.45) is 6.46. The van der Waals surface area contributed by atoms with Crippen LogP contribution in [0.2, 0.25) is 0 Å². The number of aliphatic imine (C=N–C) groups is 1. The lowest BCUT2D eigenvalue weighted by Gasteiger charge is -2.17. The molecule has 1 aromatic carbocycles. The Labute approximate surface area is 167 Å². The van der Waals surface area contributed by atoms with Gasteiger partial charge in [0.25, 0.3) is 0 Å². The van der Waals surface area contributed by atoms with Crippen LogP contribution in [0.25, 0.3) is 0 Å². The van der Waals surface area contributed by atoms with Crippen molar-refractivity contribution in [3.63, 3.8) is 0 Å². The number of benzene rings is 1. The van der Waals surface area contributed by atoms with Gasteiger partial charge in [0.1, 0.15) is 0 Å². The fraction of sp³-hybridized carbons (Fsp3) is 0.500. The maximum absolute atomic E-state index is 5.39. The summed E-state index contributed by atoms with van der Waals surface area (Å²) in [6, 6.07) is 4.26. The molecule has 7 heteroatoms. The van der Waals surface area contributed by atoms with Gasteiger partial charge in [0, 0.05) is 12.6 Å². The highest BCUT2D eigenvalue weighted by atomic mass is 127. The molecule has 0 saturated heterocycles. The van der Waals surface area contributed by atoms with Gasteiger partial charge in [-0.05, 0) is 37.5 Å². The van der Waals surface area contributed by atoms with Crippen molar-refractivity contribution in [1.82, 2.24) is 10.6 Å². The van der Waals surface area contributed by atoms with Crippen LogP contribution in [-0.4, -0.2) is 39.9 Å². The minimum atomic E-state index is 0. The molecular weight excluding hydrogens is 433 g/mol. The summed E-state index contributed by atoms with van der Waals surface area (Å²) in [5, 5.41) is 6.74. The molecule has 140 valence electrons. The lowest BCUT2D eigenvalue weighted by atomic mass is 10.2. The third-order valence-corrected chi connectivity index (χ3v) is 3.84. The van der Waals surface area contributed by atoms with Gasteiger partial charge in [-0.15, -0.1) is 24.0 Å². The molecule has 0 heterocycles. The summed E-state index contributed by atoms with van der Waals surface area (Å²) in [5.74, 6) is 2.69. The first-order valence-electron chi connectivity index (χ1n) is 8.20. The van der Waals surface area contributed by atoms with Gasteiger partial charge in [-0.3, -0.25) is 0 Å². The van der Waals surface area contributed by atoms with Gasteiger partial charge in [0.2, 0.25) is 5.75 Å². The van der Waals surface area contributed by atoms with E-state index in [1.165, 1.54) is 0 Å². The topological polar surface area (TPSA) is 64.1 Å². The zero-order valence-electron chi connectivity index (χ0n) is 15.3. The van der Waals surface area contributed by atoms with E-state index in [0.717, 1.165) is 30.9 Å². The van der Waals surface area contributed by atoms with Crippen LogP contribution < -0.4 is 24.8 Å². The SMILES string of the molecule is CCNC(=NCc1cc(OC)c(OC)c(OC)c1)NC1CC=CC1.I. The molecule has 1 aromatic rings. The predicted octanol–water partition coefficient (Wildman–Crippen LogP) is 3.10. The molecular formula is C18H28IN3O3. The van der Waals surface area contributed by atoms with Crippen LogP contribution in [0.15, 0.2) is 29.3 Å². The summed E-state index contributed by atoms with van der Waals surface area (Å²) in [7, 11) is 4.83. The monoisotopic (exact) mass is 461 g/mol. The predicted molar refractivity (Wildman–Crippen MR) is 112 cm³/mol. The first kappa shape index (κ1) is 21.4. The molecule has 1 aliphatic rings. The third kappa shape index (κ3) is 5.98. The van der Waals surface area contributed by atoms with E-state index in [0.29, 0.717) is 29.8 Å². The molecule has 0 aromatic heterocycles. The Morgan fingerprint density at radius 3 is 2.16 bits per heavy atom. The normalized spacial score (nSPS) is 14.0. The Balaban J connectivity index is 0.00000312. The second-order valence-electron chi connectivity index (χ2n) is 5.51. The number of hydrogen-bond donors (Lipinski definition) is 2. The van der Waals surface area contributed by atoms with E-state index in [1.54, 1.807) is 21.3 Å². The minimum absolute atomic E-state index is 0. The van der Waals surface area contributed by atoms with Crippen LogP contribution >= 0.6 is 24.0 Å². The molecule has 0 fully saturated rings. The van der Waals surface area contributed by atoms with Gasteiger partial charge in [-0.2, -0.15) is 0 Å². The highest BCUT2D eigenvalue weighted by molar-refractivity contribution is 14.0. The maximum Gasteiger partial charge on any atom is 0.203 e. The Bertz CT molecular complexity index is 572. The van der Waals surface area contributed by atoms with Crippen molar-refractivity contribution in [2.75, 3.05) is 27.9 Å².